The molecule has 0 fully saturated rings. The number of carbonyl (C=O) groups is 1. The van der Waals surface area contributed by atoms with Gasteiger partial charge >= 0.3 is 5.97 Å². The van der Waals surface area contributed by atoms with Crippen LogP contribution in [0.1, 0.15) is 10.4 Å². The van der Waals surface area contributed by atoms with Crippen LogP contribution in [0.2, 0.25) is 0 Å². The van der Waals surface area contributed by atoms with Crippen molar-refractivity contribution in [1.29, 1.82) is 0 Å². The van der Waals surface area contributed by atoms with E-state index in [0.29, 0.717) is 5.56 Å². The van der Waals surface area contributed by atoms with Gasteiger partial charge in [0.1, 0.15) is 0 Å². The molecule has 0 spiro atoms. The van der Waals surface area contributed by atoms with Crippen LogP contribution in [0.25, 0.3) is 0 Å². The van der Waals surface area contributed by atoms with Crippen molar-refractivity contribution in [1.82, 2.24) is 0 Å². The number of aromatic carboxylic acids is 1. The third-order valence-electron chi connectivity index (χ3n) is 1.02. The lowest BCUT2D eigenvalue weighted by atomic mass is 10.2. The van der Waals surface area contributed by atoms with Crippen LogP contribution in [-0.4, -0.2) is 17.5 Å². The van der Waals surface area contributed by atoms with Crippen LogP contribution < -0.4 is 0 Å². The van der Waals surface area contributed by atoms with Gasteiger partial charge in [-0.05, 0) is 12.1 Å². The summed E-state index contributed by atoms with van der Waals surface area (Å²) in [5, 5.41) is 8.38. The van der Waals surface area contributed by atoms with Crippen molar-refractivity contribution in [3.8, 4) is 0 Å². The van der Waals surface area contributed by atoms with E-state index in [9.17, 15) is 4.79 Å². The van der Waals surface area contributed by atoms with E-state index in [0.717, 1.165) is 0 Å². The molecule has 3 heteroatoms. The van der Waals surface area contributed by atoms with Crippen molar-refractivity contribution in [3.05, 3.63) is 35.9 Å². The predicted octanol–water partition coefficient (Wildman–Crippen LogP) is 2.24. The number of alkyl halides is 1. The highest BCUT2D eigenvalue weighted by Crippen LogP contribution is 1.96. The Morgan fingerprint density at radius 1 is 1.27 bits per heavy atom. The van der Waals surface area contributed by atoms with Crippen LogP contribution in [-0.2, 0) is 0 Å². The van der Waals surface area contributed by atoms with Crippen LogP contribution >= 0.6 is 11.6 Å². The molecule has 0 heterocycles. The van der Waals surface area contributed by atoms with Crippen molar-refractivity contribution >= 4 is 17.6 Å². The van der Waals surface area contributed by atoms with E-state index in [2.05, 4.69) is 11.6 Å². The summed E-state index contributed by atoms with van der Waals surface area (Å²) in [5.41, 5.74) is 0.331. The van der Waals surface area contributed by atoms with Crippen LogP contribution in [0.5, 0.6) is 0 Å². The second-order valence-corrected chi connectivity index (χ2v) is 1.67. The fraction of sp³-hybridized carbons (Fsp3) is 0.125. The minimum Gasteiger partial charge on any atom is -0.478 e. The first-order valence-electron chi connectivity index (χ1n) is 2.97. The minimum atomic E-state index is -0.879. The van der Waals surface area contributed by atoms with E-state index in [1.807, 2.05) is 0 Å². The minimum absolute atomic E-state index is 0.331. The van der Waals surface area contributed by atoms with Gasteiger partial charge in [0.2, 0.25) is 0 Å². The smallest absolute Gasteiger partial charge is 0.335 e. The maximum absolute atomic E-state index is 10.2. The molecule has 0 amide bonds. The van der Waals surface area contributed by atoms with Gasteiger partial charge < -0.3 is 5.11 Å². The maximum atomic E-state index is 10.2. The lowest BCUT2D eigenvalue weighted by molar-refractivity contribution is 0.0697. The summed E-state index contributed by atoms with van der Waals surface area (Å²) in [6, 6.07) is 8.30. The molecule has 0 aromatic heterocycles. The first-order chi connectivity index (χ1) is 5.30. The third kappa shape index (κ3) is 3.63. The molecule has 1 aromatic carbocycles. The number of benzene rings is 1. The average Bonchev–Trinajstić information content (AvgIpc) is 2.10. The van der Waals surface area contributed by atoms with Gasteiger partial charge in [0.15, 0.2) is 0 Å². The highest BCUT2D eigenvalue weighted by atomic mass is 35.5. The Kier molecular flexibility index (Phi) is 5.21. The molecule has 0 aliphatic heterocycles. The number of hydrogen-bond acceptors (Lipinski definition) is 1. The molecule has 0 aliphatic carbocycles. The molecule has 0 aliphatic rings. The highest BCUT2D eigenvalue weighted by Gasteiger charge is 1.96. The number of carboxylic acids is 1. The molecule has 1 N–H and O–H groups in total. The van der Waals surface area contributed by atoms with Crippen molar-refractivity contribution in [2.75, 3.05) is 6.38 Å². The monoisotopic (exact) mass is 172 g/mol. The molecule has 0 radical (unpaired) electrons. The average molecular weight is 173 g/mol. The summed E-state index contributed by atoms with van der Waals surface area (Å²) in [6.07, 6.45) is 1.47. The van der Waals surface area contributed by atoms with Gasteiger partial charge in [0.25, 0.3) is 0 Å². The van der Waals surface area contributed by atoms with Crippen LogP contribution in [0.4, 0.5) is 0 Å². The second kappa shape index (κ2) is 5.74. The quantitative estimate of drug-likeness (QED) is 0.660. The number of carboxylic acid groups (broad SMARTS) is 1. The van der Waals surface area contributed by atoms with Crippen LogP contribution in [0, 0.1) is 0 Å². The molecule has 0 saturated carbocycles. The molecule has 0 bridgehead atoms. The molecule has 1 rings (SSSR count). The number of rotatable bonds is 1. The molecular weight excluding hydrogens is 164 g/mol. The summed E-state index contributed by atoms with van der Waals surface area (Å²) in [5.74, 6) is -0.879. The number of halogens is 1. The third-order valence-corrected chi connectivity index (χ3v) is 1.02. The zero-order valence-corrected chi connectivity index (χ0v) is 6.88. The van der Waals surface area contributed by atoms with E-state index < -0.39 is 5.97 Å². The summed E-state index contributed by atoms with van der Waals surface area (Å²) < 4.78 is 0. The zero-order chi connectivity index (χ0) is 8.69. The van der Waals surface area contributed by atoms with Crippen molar-refractivity contribution in [2.24, 2.45) is 0 Å². The fourth-order valence-corrected chi connectivity index (χ4v) is 0.581. The Labute approximate surface area is 70.4 Å². The predicted molar refractivity (Wildman–Crippen MR) is 45.2 cm³/mol. The van der Waals surface area contributed by atoms with Crippen molar-refractivity contribution in [3.63, 3.8) is 0 Å². The van der Waals surface area contributed by atoms with E-state index in [1.54, 1.807) is 30.3 Å². The van der Waals surface area contributed by atoms with Gasteiger partial charge in [-0.1, -0.05) is 18.2 Å². The van der Waals surface area contributed by atoms with Crippen molar-refractivity contribution in [2.45, 2.75) is 0 Å². The molecule has 1 aromatic rings. The number of hydrogen-bond donors (Lipinski definition) is 1. The van der Waals surface area contributed by atoms with E-state index in [-0.39, 0.29) is 0 Å². The fourth-order valence-electron chi connectivity index (χ4n) is 0.581. The second-order valence-electron chi connectivity index (χ2n) is 1.67. The molecular formula is C8H9ClO2. The van der Waals surface area contributed by atoms with Gasteiger partial charge in [-0.25, -0.2) is 4.79 Å². The van der Waals surface area contributed by atoms with Gasteiger partial charge in [0.05, 0.1) is 5.56 Å². The molecule has 11 heavy (non-hydrogen) atoms. The Morgan fingerprint density at radius 2 is 1.73 bits per heavy atom. The van der Waals surface area contributed by atoms with Gasteiger partial charge in [-0.3, -0.25) is 0 Å². The first kappa shape index (κ1) is 9.98. The Bertz CT molecular complexity index is 209. The topological polar surface area (TPSA) is 37.3 Å². The molecule has 60 valence electrons. The summed E-state index contributed by atoms with van der Waals surface area (Å²) in [4.78, 5) is 10.2. The molecule has 2 nitrogen and oxygen atoms in total. The standard InChI is InChI=1S/C7H6O2.CH3Cl/c8-7(9)6-4-2-1-3-5-6;1-2/h1-5H,(H,8,9);1H3. The molecule has 0 unspecified atom stereocenters. The van der Waals surface area contributed by atoms with Crippen molar-refractivity contribution < 1.29 is 9.90 Å². The van der Waals surface area contributed by atoms with E-state index in [4.69, 9.17) is 5.11 Å². The summed E-state index contributed by atoms with van der Waals surface area (Å²) >= 11 is 4.64. The Hall–Kier alpha value is -1.02. The van der Waals surface area contributed by atoms with E-state index >= 15 is 0 Å². The molecule has 0 atom stereocenters. The van der Waals surface area contributed by atoms with E-state index in [1.165, 1.54) is 6.38 Å². The Balaban J connectivity index is 0.000000461. The van der Waals surface area contributed by atoms with Gasteiger partial charge in [0, 0.05) is 6.38 Å². The Morgan fingerprint density at radius 3 is 2.00 bits per heavy atom. The zero-order valence-electron chi connectivity index (χ0n) is 6.12. The molecule has 0 saturated heterocycles. The first-order valence-corrected chi connectivity index (χ1v) is 3.72. The highest BCUT2D eigenvalue weighted by molar-refractivity contribution is 6.15. The largest absolute Gasteiger partial charge is 0.478 e. The van der Waals surface area contributed by atoms with Gasteiger partial charge in [-0.2, -0.15) is 0 Å². The summed E-state index contributed by atoms with van der Waals surface area (Å²) in [7, 11) is 0. The maximum Gasteiger partial charge on any atom is 0.335 e. The lowest BCUT2D eigenvalue weighted by Gasteiger charge is -1.88. The summed E-state index contributed by atoms with van der Waals surface area (Å²) in [6.45, 7) is 0. The SMILES string of the molecule is CCl.O=C(O)c1ccccc1. The van der Waals surface area contributed by atoms with Crippen LogP contribution in [0.15, 0.2) is 30.3 Å². The normalized spacial score (nSPS) is 7.82. The lowest BCUT2D eigenvalue weighted by Crippen LogP contribution is -1.93. The van der Waals surface area contributed by atoms with Crippen LogP contribution in [0.3, 0.4) is 0 Å². The van der Waals surface area contributed by atoms with Gasteiger partial charge in [-0.15, -0.1) is 11.6 Å².